The van der Waals surface area contributed by atoms with Crippen LogP contribution in [0.15, 0.2) is 35.5 Å². The number of nitrogens with zero attached hydrogens (tertiary/aromatic N) is 1. The van der Waals surface area contributed by atoms with Crippen molar-refractivity contribution in [1.82, 2.24) is 20.9 Å². The third kappa shape index (κ3) is 12.2. The monoisotopic (exact) mass is 616 g/mol. The van der Waals surface area contributed by atoms with E-state index in [1.807, 2.05) is 24.3 Å². The number of amides is 3. The molecule has 15 nitrogen and oxygen atoms in total. The average molecular weight is 617 g/mol. The van der Waals surface area contributed by atoms with Crippen LogP contribution in [-0.4, -0.2) is 83.5 Å². The van der Waals surface area contributed by atoms with Crippen LogP contribution in [0.1, 0.15) is 56.9 Å². The Morgan fingerprint density at radius 1 is 0.795 bits per heavy atom. The first-order chi connectivity index (χ1) is 21.1. The Labute approximate surface area is 257 Å². The van der Waals surface area contributed by atoms with Gasteiger partial charge in [0.05, 0.1) is 6.04 Å². The molecule has 1 aromatic carbocycles. The highest BCUT2D eigenvalue weighted by Crippen LogP contribution is 2.19. The number of fused-ring (bicyclic) bond motifs is 1. The van der Waals surface area contributed by atoms with Crippen molar-refractivity contribution in [3.8, 4) is 0 Å². The highest BCUT2D eigenvalue weighted by Gasteiger charge is 2.30. The highest BCUT2D eigenvalue weighted by molar-refractivity contribution is 5.94. The topological polar surface area (TPSA) is 283 Å². The molecule has 0 aliphatic heterocycles. The zero-order valence-electron chi connectivity index (χ0n) is 25.1. The van der Waals surface area contributed by atoms with Crippen LogP contribution in [0.25, 0.3) is 10.9 Å². The zero-order valence-corrected chi connectivity index (χ0v) is 25.1. The minimum absolute atomic E-state index is 0.0613. The molecule has 1 heterocycles. The molecule has 0 saturated carbocycles. The number of aromatic nitrogens is 1. The number of nitrogens with two attached hydrogens (primary N) is 5. The second kappa shape index (κ2) is 19.1. The summed E-state index contributed by atoms with van der Waals surface area (Å²) >= 11 is 0. The molecule has 0 bridgehead atoms. The van der Waals surface area contributed by atoms with Crippen molar-refractivity contribution >= 4 is 40.6 Å². The van der Waals surface area contributed by atoms with Crippen molar-refractivity contribution in [2.75, 3.05) is 19.6 Å². The van der Waals surface area contributed by atoms with Gasteiger partial charge in [0.2, 0.25) is 17.7 Å². The summed E-state index contributed by atoms with van der Waals surface area (Å²) in [4.78, 5) is 58.9. The predicted octanol–water partition coefficient (Wildman–Crippen LogP) is -1.11. The molecule has 0 aliphatic carbocycles. The maximum Gasteiger partial charge on any atom is 0.326 e. The summed E-state index contributed by atoms with van der Waals surface area (Å²) in [6, 6.07) is 3.31. The lowest BCUT2D eigenvalue weighted by Gasteiger charge is -2.25. The van der Waals surface area contributed by atoms with E-state index in [0.717, 1.165) is 16.5 Å². The van der Waals surface area contributed by atoms with E-state index < -0.39 is 47.9 Å². The summed E-state index contributed by atoms with van der Waals surface area (Å²) in [6.45, 7) is 1.09. The van der Waals surface area contributed by atoms with E-state index in [1.165, 1.54) is 0 Å². The van der Waals surface area contributed by atoms with Crippen LogP contribution < -0.4 is 44.6 Å². The Kier molecular flexibility index (Phi) is 15.7. The van der Waals surface area contributed by atoms with Gasteiger partial charge >= 0.3 is 5.97 Å². The van der Waals surface area contributed by atoms with E-state index in [9.17, 15) is 24.3 Å². The maximum absolute atomic E-state index is 13.7. The number of aromatic amines is 1. The van der Waals surface area contributed by atoms with Crippen LogP contribution in [0, 0.1) is 0 Å². The first kappa shape index (κ1) is 36.0. The number of carboxylic acids is 1. The molecule has 0 fully saturated rings. The van der Waals surface area contributed by atoms with E-state index in [0.29, 0.717) is 51.7 Å². The second-order valence-corrected chi connectivity index (χ2v) is 10.7. The lowest BCUT2D eigenvalue weighted by molar-refractivity contribution is -0.142. The molecule has 0 spiro atoms. The van der Waals surface area contributed by atoms with Gasteiger partial charge < -0.3 is 54.7 Å². The van der Waals surface area contributed by atoms with E-state index in [-0.39, 0.29) is 31.6 Å². The molecule has 4 unspecified atom stereocenters. The van der Waals surface area contributed by atoms with Gasteiger partial charge in [-0.05, 0) is 76.1 Å². The number of carbonyl (C=O) groups is 4. The van der Waals surface area contributed by atoms with Gasteiger partial charge in [0, 0.05) is 30.1 Å². The number of H-pyrrole nitrogens is 1. The summed E-state index contributed by atoms with van der Waals surface area (Å²) < 4.78 is 0. The number of carboxylic acid groups (broad SMARTS) is 1. The number of guanidine groups is 1. The van der Waals surface area contributed by atoms with Crippen molar-refractivity contribution in [1.29, 1.82) is 0 Å². The van der Waals surface area contributed by atoms with Crippen molar-refractivity contribution in [2.24, 2.45) is 33.7 Å². The molecule has 15 heteroatoms. The van der Waals surface area contributed by atoms with Gasteiger partial charge in [-0.25, -0.2) is 4.79 Å². The first-order valence-electron chi connectivity index (χ1n) is 15.0. The fourth-order valence-corrected chi connectivity index (χ4v) is 4.72. The van der Waals surface area contributed by atoms with E-state index >= 15 is 0 Å². The van der Waals surface area contributed by atoms with Crippen molar-refractivity contribution < 1.29 is 24.3 Å². The number of hydrogen-bond donors (Lipinski definition) is 10. The van der Waals surface area contributed by atoms with Gasteiger partial charge in [0.1, 0.15) is 18.1 Å². The minimum atomic E-state index is -1.18. The van der Waals surface area contributed by atoms with Gasteiger partial charge in [-0.1, -0.05) is 18.2 Å². The Balaban J connectivity index is 2.25. The number of para-hydroxylation sites is 1. The Morgan fingerprint density at radius 2 is 1.39 bits per heavy atom. The minimum Gasteiger partial charge on any atom is -0.480 e. The number of aliphatic imine (C=N–C) groups is 1. The number of aliphatic carboxylic acids is 1. The quantitative estimate of drug-likeness (QED) is 0.0458. The number of hydrogen-bond acceptors (Lipinski definition) is 8. The molecule has 2 rings (SSSR count). The third-order valence-electron chi connectivity index (χ3n) is 7.18. The number of rotatable bonds is 21. The molecule has 3 amide bonds. The van der Waals surface area contributed by atoms with Gasteiger partial charge in [0.15, 0.2) is 5.96 Å². The van der Waals surface area contributed by atoms with Crippen LogP contribution in [-0.2, 0) is 25.6 Å². The molecule has 44 heavy (non-hydrogen) atoms. The van der Waals surface area contributed by atoms with E-state index in [1.54, 1.807) is 6.20 Å². The van der Waals surface area contributed by atoms with Crippen molar-refractivity contribution in [3.63, 3.8) is 0 Å². The lowest BCUT2D eigenvalue weighted by atomic mass is 10.0. The molecule has 244 valence electrons. The van der Waals surface area contributed by atoms with Crippen molar-refractivity contribution in [3.05, 3.63) is 36.0 Å². The fourth-order valence-electron chi connectivity index (χ4n) is 4.72. The van der Waals surface area contributed by atoms with E-state index in [4.69, 9.17) is 28.7 Å². The highest BCUT2D eigenvalue weighted by atomic mass is 16.4. The predicted molar refractivity (Wildman–Crippen MR) is 169 cm³/mol. The molecule has 0 aliphatic rings. The third-order valence-corrected chi connectivity index (χ3v) is 7.18. The van der Waals surface area contributed by atoms with Gasteiger partial charge in [-0.15, -0.1) is 0 Å². The van der Waals surface area contributed by atoms with Crippen LogP contribution in [0.2, 0.25) is 0 Å². The molecule has 0 radical (unpaired) electrons. The molecular weight excluding hydrogens is 568 g/mol. The summed E-state index contributed by atoms with van der Waals surface area (Å²) in [6.07, 6.45) is 5.25. The van der Waals surface area contributed by atoms with Crippen LogP contribution in [0.3, 0.4) is 0 Å². The number of unbranched alkanes of at least 4 members (excludes halogenated alkanes) is 2. The Bertz CT molecular complexity index is 1250. The van der Waals surface area contributed by atoms with E-state index in [2.05, 4.69) is 25.9 Å². The molecule has 0 saturated heterocycles. The summed E-state index contributed by atoms with van der Waals surface area (Å²) in [5.74, 6) is -3.04. The Morgan fingerprint density at radius 3 is 2.02 bits per heavy atom. The van der Waals surface area contributed by atoms with Gasteiger partial charge in [-0.2, -0.15) is 0 Å². The second-order valence-electron chi connectivity index (χ2n) is 10.7. The smallest absolute Gasteiger partial charge is 0.326 e. The molecule has 15 N–H and O–H groups in total. The van der Waals surface area contributed by atoms with Crippen LogP contribution in [0.5, 0.6) is 0 Å². The number of carbonyl (C=O) groups excluding carboxylic acids is 3. The number of nitrogens with one attached hydrogen (secondary N) is 4. The zero-order chi connectivity index (χ0) is 32.5. The molecular formula is C29H48N10O5. The fraction of sp³-hybridized carbons (Fsp3) is 0.552. The standard InChI is InChI=1S/C29H48N10O5/c30-13-5-3-11-22(26(41)38-23(28(43)44)12-4-6-14-31)37-27(42)24(16-18-17-36-21-10-2-1-8-19(18)21)39-25(40)20(32)9-7-15-35-29(33)34/h1-2,8,10,17,20,22-24,36H,3-7,9,11-16,30-32H2,(H,37,42)(H,38,41)(H,39,40)(H,43,44)(H4,33,34,35). The Hall–Kier alpha value is -4.21. The summed E-state index contributed by atoms with van der Waals surface area (Å²) in [5, 5.41) is 18.5. The molecule has 1 aromatic heterocycles. The normalized spacial score (nSPS) is 13.8. The van der Waals surface area contributed by atoms with Gasteiger partial charge in [-0.3, -0.25) is 19.4 Å². The van der Waals surface area contributed by atoms with Crippen molar-refractivity contribution in [2.45, 2.75) is 82.0 Å². The lowest BCUT2D eigenvalue weighted by Crippen LogP contribution is -2.57. The average Bonchev–Trinajstić information content (AvgIpc) is 3.40. The largest absolute Gasteiger partial charge is 0.480 e. The number of benzene rings is 1. The maximum atomic E-state index is 13.7. The SMILES string of the molecule is NCCCCC(NC(=O)C(CCCCN)NC(=O)C(Cc1c[nH]c2ccccc12)NC(=O)C(N)CCCN=C(N)N)C(=O)O. The molecule has 4 atom stereocenters. The summed E-state index contributed by atoms with van der Waals surface area (Å²) in [5.41, 5.74) is 29.6. The van der Waals surface area contributed by atoms with Gasteiger partial charge in [0.25, 0.3) is 0 Å². The van der Waals surface area contributed by atoms with Crippen LogP contribution >= 0.6 is 0 Å². The first-order valence-corrected chi connectivity index (χ1v) is 15.0. The summed E-state index contributed by atoms with van der Waals surface area (Å²) in [7, 11) is 0. The molecule has 2 aromatic rings. The van der Waals surface area contributed by atoms with Crippen LogP contribution in [0.4, 0.5) is 0 Å².